The number of nitrogens with one attached hydrogen (secondary N) is 1. The molecule has 180 valence electrons. The van der Waals surface area contributed by atoms with Crippen molar-refractivity contribution in [2.24, 2.45) is 0 Å². The smallest absolute Gasteiger partial charge is 0.244 e. The number of halogens is 3. The third-order valence-corrected chi connectivity index (χ3v) is 7.31. The molecule has 1 N–H and O–H groups in total. The van der Waals surface area contributed by atoms with Crippen molar-refractivity contribution in [3.8, 4) is 0 Å². The molecule has 11 heteroatoms. The Bertz CT molecular complexity index is 1100. The molecule has 0 aliphatic carbocycles. The molecular formula is C22H26Cl2IN3O4S. The van der Waals surface area contributed by atoms with Crippen molar-refractivity contribution in [2.45, 2.75) is 32.9 Å². The van der Waals surface area contributed by atoms with Crippen molar-refractivity contribution in [1.29, 1.82) is 0 Å². The first-order valence-electron chi connectivity index (χ1n) is 10.2. The fraction of sp³-hybridized carbons (Fsp3) is 0.364. The summed E-state index contributed by atoms with van der Waals surface area (Å²) in [4.78, 5) is 27.4. The highest BCUT2D eigenvalue weighted by Crippen LogP contribution is 2.24. The van der Waals surface area contributed by atoms with E-state index >= 15 is 0 Å². The van der Waals surface area contributed by atoms with Crippen LogP contribution in [0.25, 0.3) is 0 Å². The van der Waals surface area contributed by atoms with E-state index in [4.69, 9.17) is 23.2 Å². The average molecular weight is 626 g/mol. The van der Waals surface area contributed by atoms with Gasteiger partial charge in [0.2, 0.25) is 21.8 Å². The van der Waals surface area contributed by atoms with Gasteiger partial charge in [-0.25, -0.2) is 8.42 Å². The van der Waals surface area contributed by atoms with Gasteiger partial charge in [-0.1, -0.05) is 36.2 Å². The SMILES string of the molecule is CCCNC(=O)[C@H](C)N(Cc1ccc(Cl)cc1Cl)C(=O)CN(c1ccc(I)cc1)S(C)(=O)=O. The molecule has 2 rings (SSSR count). The third-order valence-electron chi connectivity index (χ3n) is 4.87. The van der Waals surface area contributed by atoms with Gasteiger partial charge in [0.15, 0.2) is 0 Å². The van der Waals surface area contributed by atoms with Gasteiger partial charge in [-0.2, -0.15) is 0 Å². The van der Waals surface area contributed by atoms with E-state index in [2.05, 4.69) is 27.9 Å². The molecule has 0 saturated heterocycles. The molecule has 33 heavy (non-hydrogen) atoms. The lowest BCUT2D eigenvalue weighted by Gasteiger charge is -2.31. The number of hydrogen-bond acceptors (Lipinski definition) is 4. The highest BCUT2D eigenvalue weighted by Gasteiger charge is 2.30. The van der Waals surface area contributed by atoms with E-state index in [9.17, 15) is 18.0 Å². The predicted molar refractivity (Wildman–Crippen MR) is 141 cm³/mol. The van der Waals surface area contributed by atoms with Gasteiger partial charge in [-0.3, -0.25) is 13.9 Å². The van der Waals surface area contributed by atoms with Crippen LogP contribution in [-0.2, 0) is 26.2 Å². The highest BCUT2D eigenvalue weighted by atomic mass is 127. The lowest BCUT2D eigenvalue weighted by atomic mass is 10.1. The standard InChI is InChI=1S/C22H26Cl2IN3O4S/c1-4-11-26-22(30)15(2)27(13-16-5-6-17(23)12-20(16)24)21(29)14-28(33(3,31)32)19-9-7-18(25)8-10-19/h5-10,12,15H,4,11,13-14H2,1-3H3,(H,26,30)/t15-/m0/s1. The zero-order chi connectivity index (χ0) is 24.8. The Morgan fingerprint density at radius 3 is 2.30 bits per heavy atom. The van der Waals surface area contributed by atoms with E-state index in [0.717, 1.165) is 20.6 Å². The van der Waals surface area contributed by atoms with Crippen LogP contribution in [0.15, 0.2) is 42.5 Å². The molecule has 2 amide bonds. The Labute approximate surface area is 218 Å². The second-order valence-electron chi connectivity index (χ2n) is 7.47. The number of carbonyl (C=O) groups is 2. The van der Waals surface area contributed by atoms with E-state index in [0.29, 0.717) is 27.8 Å². The van der Waals surface area contributed by atoms with Crippen molar-refractivity contribution < 1.29 is 18.0 Å². The molecule has 0 fully saturated rings. The van der Waals surface area contributed by atoms with Crippen molar-refractivity contribution in [2.75, 3.05) is 23.7 Å². The Balaban J connectivity index is 2.39. The van der Waals surface area contributed by atoms with Gasteiger partial charge < -0.3 is 10.2 Å². The second kappa shape index (κ2) is 12.2. The van der Waals surface area contributed by atoms with Crippen molar-refractivity contribution in [3.05, 3.63) is 61.6 Å². The molecule has 0 aliphatic rings. The van der Waals surface area contributed by atoms with Gasteiger partial charge in [0, 0.05) is 26.7 Å². The number of amides is 2. The lowest BCUT2D eigenvalue weighted by Crippen LogP contribution is -2.51. The van der Waals surface area contributed by atoms with E-state index in [1.54, 1.807) is 49.4 Å². The number of hydrogen-bond donors (Lipinski definition) is 1. The maximum atomic E-state index is 13.4. The molecule has 7 nitrogen and oxygen atoms in total. The van der Waals surface area contributed by atoms with Crippen LogP contribution in [-0.4, -0.2) is 50.5 Å². The molecule has 2 aromatic carbocycles. The monoisotopic (exact) mass is 625 g/mol. The quantitative estimate of drug-likeness (QED) is 0.399. The number of anilines is 1. The maximum absolute atomic E-state index is 13.4. The first-order valence-corrected chi connectivity index (χ1v) is 13.9. The Hall–Kier alpha value is -1.56. The molecule has 0 bridgehead atoms. The second-order valence-corrected chi connectivity index (χ2v) is 11.5. The van der Waals surface area contributed by atoms with Crippen LogP contribution < -0.4 is 9.62 Å². The molecule has 0 radical (unpaired) electrons. The minimum atomic E-state index is -3.77. The minimum Gasteiger partial charge on any atom is -0.354 e. The van der Waals surface area contributed by atoms with Gasteiger partial charge in [0.1, 0.15) is 12.6 Å². The Morgan fingerprint density at radius 2 is 1.76 bits per heavy atom. The van der Waals surface area contributed by atoms with Crippen LogP contribution in [0.2, 0.25) is 10.0 Å². The topological polar surface area (TPSA) is 86.8 Å². The summed E-state index contributed by atoms with van der Waals surface area (Å²) in [6.45, 7) is 3.54. The summed E-state index contributed by atoms with van der Waals surface area (Å²) in [6, 6.07) is 10.8. The van der Waals surface area contributed by atoms with Crippen molar-refractivity contribution in [3.63, 3.8) is 0 Å². The molecule has 0 saturated carbocycles. The zero-order valence-electron chi connectivity index (χ0n) is 18.5. The normalized spacial score (nSPS) is 12.2. The molecule has 0 heterocycles. The Morgan fingerprint density at radius 1 is 1.12 bits per heavy atom. The van der Waals surface area contributed by atoms with Crippen LogP contribution in [0.1, 0.15) is 25.8 Å². The van der Waals surface area contributed by atoms with Gasteiger partial charge in [-0.15, -0.1) is 0 Å². The molecular weight excluding hydrogens is 600 g/mol. The van der Waals surface area contributed by atoms with Gasteiger partial charge in [-0.05, 0) is 77.9 Å². The fourth-order valence-electron chi connectivity index (χ4n) is 3.03. The molecule has 1 atom stereocenters. The average Bonchev–Trinajstić information content (AvgIpc) is 2.74. The summed E-state index contributed by atoms with van der Waals surface area (Å²) in [5.74, 6) is -0.875. The zero-order valence-corrected chi connectivity index (χ0v) is 23.0. The summed E-state index contributed by atoms with van der Waals surface area (Å²) in [7, 11) is -3.77. The van der Waals surface area contributed by atoms with Crippen LogP contribution in [0.3, 0.4) is 0 Å². The summed E-state index contributed by atoms with van der Waals surface area (Å²) >= 11 is 14.4. The van der Waals surface area contributed by atoms with Crippen LogP contribution in [0.5, 0.6) is 0 Å². The van der Waals surface area contributed by atoms with E-state index < -0.39 is 28.5 Å². The largest absolute Gasteiger partial charge is 0.354 e. The molecule has 0 unspecified atom stereocenters. The lowest BCUT2D eigenvalue weighted by molar-refractivity contribution is -0.139. The summed E-state index contributed by atoms with van der Waals surface area (Å²) in [5.41, 5.74) is 0.948. The van der Waals surface area contributed by atoms with E-state index in [-0.39, 0.29) is 12.5 Å². The first kappa shape index (κ1) is 27.7. The molecule has 0 aromatic heterocycles. The molecule has 0 spiro atoms. The van der Waals surface area contributed by atoms with Crippen LogP contribution in [0, 0.1) is 3.57 Å². The fourth-order valence-corrected chi connectivity index (χ4v) is 4.71. The van der Waals surface area contributed by atoms with Crippen LogP contribution in [0.4, 0.5) is 5.69 Å². The number of nitrogens with zero attached hydrogens (tertiary/aromatic N) is 2. The van der Waals surface area contributed by atoms with Crippen molar-refractivity contribution >= 4 is 73.3 Å². The summed E-state index contributed by atoms with van der Waals surface area (Å²) in [5, 5.41) is 3.57. The van der Waals surface area contributed by atoms with Crippen LogP contribution >= 0.6 is 45.8 Å². The Kier molecular flexibility index (Phi) is 10.3. The number of rotatable bonds is 10. The third kappa shape index (κ3) is 8.01. The molecule has 2 aromatic rings. The number of sulfonamides is 1. The van der Waals surface area contributed by atoms with Gasteiger partial charge >= 0.3 is 0 Å². The van der Waals surface area contributed by atoms with Gasteiger partial charge in [0.05, 0.1) is 11.9 Å². The predicted octanol–water partition coefficient (Wildman–Crippen LogP) is 4.31. The minimum absolute atomic E-state index is 0.0137. The molecule has 0 aliphatic heterocycles. The first-order chi connectivity index (χ1) is 15.4. The summed E-state index contributed by atoms with van der Waals surface area (Å²) in [6.07, 6.45) is 1.78. The van der Waals surface area contributed by atoms with Gasteiger partial charge in [0.25, 0.3) is 0 Å². The van der Waals surface area contributed by atoms with E-state index in [1.165, 1.54) is 4.90 Å². The summed E-state index contributed by atoms with van der Waals surface area (Å²) < 4.78 is 27.0. The highest BCUT2D eigenvalue weighted by molar-refractivity contribution is 14.1. The number of benzene rings is 2. The number of carbonyl (C=O) groups excluding carboxylic acids is 2. The maximum Gasteiger partial charge on any atom is 0.244 e. The van der Waals surface area contributed by atoms with E-state index in [1.807, 2.05) is 6.92 Å². The van der Waals surface area contributed by atoms with Crippen molar-refractivity contribution in [1.82, 2.24) is 10.2 Å².